The molecule has 0 aliphatic carbocycles. The number of rotatable bonds is 3. The number of ether oxygens (including phenoxy) is 1. The highest BCUT2D eigenvalue weighted by atomic mass is 32.2. The van der Waals surface area contributed by atoms with Crippen molar-refractivity contribution >= 4 is 15.7 Å². The van der Waals surface area contributed by atoms with Crippen LogP contribution >= 0.6 is 0 Å². The van der Waals surface area contributed by atoms with Gasteiger partial charge in [-0.3, -0.25) is 4.72 Å². The van der Waals surface area contributed by atoms with E-state index in [1.807, 2.05) is 0 Å². The van der Waals surface area contributed by atoms with Crippen LogP contribution < -0.4 is 14.8 Å². The molecule has 1 aliphatic rings. The zero-order valence-electron chi connectivity index (χ0n) is 9.78. The molecule has 0 spiro atoms. The van der Waals surface area contributed by atoms with E-state index >= 15 is 0 Å². The first-order chi connectivity index (χ1) is 8.74. The molecule has 0 bridgehead atoms. The van der Waals surface area contributed by atoms with E-state index in [0.29, 0.717) is 12.4 Å². The van der Waals surface area contributed by atoms with Gasteiger partial charge in [0.25, 0.3) is 0 Å². The van der Waals surface area contributed by atoms with Crippen molar-refractivity contribution in [2.24, 2.45) is 0 Å². The molecule has 1 aromatic carbocycles. The number of benzene rings is 1. The highest BCUT2D eigenvalue weighted by Crippen LogP contribution is 2.35. The Hall–Kier alpha value is -1.48. The smallest absolute Gasteiger partial charge is 0.491 e. The third-order valence-electron chi connectivity index (χ3n) is 2.70. The van der Waals surface area contributed by atoms with E-state index in [-0.39, 0.29) is 11.7 Å². The van der Waals surface area contributed by atoms with Gasteiger partial charge in [0, 0.05) is 11.6 Å². The average Bonchev–Trinajstić information content (AvgIpc) is 2.69. The summed E-state index contributed by atoms with van der Waals surface area (Å²) in [4.78, 5) is 0. The third-order valence-corrected chi connectivity index (χ3v) is 3.81. The summed E-state index contributed by atoms with van der Waals surface area (Å²) < 4.78 is 65.3. The van der Waals surface area contributed by atoms with E-state index < -0.39 is 15.5 Å². The van der Waals surface area contributed by atoms with Crippen molar-refractivity contribution in [2.75, 3.05) is 18.4 Å². The fourth-order valence-electron chi connectivity index (χ4n) is 1.73. The Morgan fingerprint density at radius 3 is 2.63 bits per heavy atom. The minimum Gasteiger partial charge on any atom is -0.491 e. The summed E-state index contributed by atoms with van der Waals surface area (Å²) in [6.45, 7) is 0.349. The summed E-state index contributed by atoms with van der Waals surface area (Å²) in [6.07, 6.45) is 0. The van der Waals surface area contributed by atoms with Crippen molar-refractivity contribution < 1.29 is 26.3 Å². The minimum absolute atomic E-state index is 0.0525. The lowest BCUT2D eigenvalue weighted by Gasteiger charge is -2.11. The normalized spacial score (nSPS) is 18.8. The lowest BCUT2D eigenvalue weighted by atomic mass is 10.1. The maximum atomic E-state index is 12.2. The second-order valence-corrected chi connectivity index (χ2v) is 5.63. The maximum Gasteiger partial charge on any atom is 0.516 e. The molecule has 19 heavy (non-hydrogen) atoms. The number of halogens is 3. The monoisotopic (exact) mass is 296 g/mol. The van der Waals surface area contributed by atoms with Crippen LogP contribution in [0.1, 0.15) is 11.6 Å². The van der Waals surface area contributed by atoms with Crippen molar-refractivity contribution in [3.63, 3.8) is 0 Å². The van der Waals surface area contributed by atoms with Crippen molar-refractivity contribution in [1.82, 2.24) is 5.32 Å². The highest BCUT2D eigenvalue weighted by molar-refractivity contribution is 7.93. The van der Waals surface area contributed by atoms with E-state index in [4.69, 9.17) is 4.74 Å². The Balaban J connectivity index is 2.26. The molecular weight excluding hydrogens is 285 g/mol. The molecule has 1 aliphatic heterocycles. The molecule has 0 radical (unpaired) electrons. The largest absolute Gasteiger partial charge is 0.516 e. The fourth-order valence-corrected chi connectivity index (χ4v) is 2.28. The van der Waals surface area contributed by atoms with E-state index in [0.717, 1.165) is 5.56 Å². The standard InChI is InChI=1S/C10H11F3N2O3S/c1-14-8-5-18-9-4-6(2-3-7(8)9)15-19(16,17)10(11,12)13/h2-4,8,14-15H,5H2,1H3/t8-/m1/s1. The molecule has 5 nitrogen and oxygen atoms in total. The van der Waals surface area contributed by atoms with Crippen LogP contribution in [0, 0.1) is 0 Å². The van der Waals surface area contributed by atoms with Crippen molar-refractivity contribution in [2.45, 2.75) is 11.6 Å². The van der Waals surface area contributed by atoms with E-state index in [1.54, 1.807) is 7.05 Å². The molecule has 0 saturated carbocycles. The topological polar surface area (TPSA) is 67.4 Å². The summed E-state index contributed by atoms with van der Waals surface area (Å²) in [5.74, 6) is 0.363. The van der Waals surface area contributed by atoms with Gasteiger partial charge in [-0.05, 0) is 13.1 Å². The first-order valence-corrected chi connectivity index (χ1v) is 6.76. The number of alkyl halides is 3. The predicted molar refractivity (Wildman–Crippen MR) is 62.3 cm³/mol. The number of fused-ring (bicyclic) bond motifs is 1. The zero-order chi connectivity index (χ0) is 14.3. The SMILES string of the molecule is CN[C@@H]1COc2cc(NS(=O)(=O)C(F)(F)F)ccc21. The van der Waals surface area contributed by atoms with Crippen LogP contribution in [-0.2, 0) is 10.0 Å². The molecule has 2 rings (SSSR count). The van der Waals surface area contributed by atoms with Gasteiger partial charge in [0.15, 0.2) is 0 Å². The first kappa shape index (κ1) is 13.9. The minimum atomic E-state index is -5.41. The molecule has 1 heterocycles. The Morgan fingerprint density at radius 2 is 2.05 bits per heavy atom. The van der Waals surface area contributed by atoms with Gasteiger partial charge in [-0.2, -0.15) is 21.6 Å². The van der Waals surface area contributed by atoms with Crippen molar-refractivity contribution in [1.29, 1.82) is 0 Å². The number of nitrogens with one attached hydrogen (secondary N) is 2. The third kappa shape index (κ3) is 2.61. The summed E-state index contributed by atoms with van der Waals surface area (Å²) in [5, 5.41) is 2.97. The maximum absolute atomic E-state index is 12.2. The summed E-state index contributed by atoms with van der Waals surface area (Å²) in [7, 11) is -3.68. The number of hydrogen-bond acceptors (Lipinski definition) is 4. The Labute approximate surface area is 107 Å². The van der Waals surface area contributed by atoms with Crippen molar-refractivity contribution in [3.05, 3.63) is 23.8 Å². The van der Waals surface area contributed by atoms with Crippen molar-refractivity contribution in [3.8, 4) is 5.75 Å². The van der Waals surface area contributed by atoms with Crippen LogP contribution in [0.15, 0.2) is 18.2 Å². The summed E-state index contributed by atoms with van der Waals surface area (Å²) >= 11 is 0. The summed E-state index contributed by atoms with van der Waals surface area (Å²) in [5.41, 5.74) is -4.76. The molecule has 0 saturated heterocycles. The first-order valence-electron chi connectivity index (χ1n) is 5.27. The van der Waals surface area contributed by atoms with Gasteiger partial charge in [0.1, 0.15) is 12.4 Å². The van der Waals surface area contributed by atoms with Crippen LogP contribution in [0.25, 0.3) is 0 Å². The van der Waals surface area contributed by atoms with Gasteiger partial charge in [0.05, 0.1) is 11.7 Å². The number of hydrogen-bond donors (Lipinski definition) is 2. The zero-order valence-corrected chi connectivity index (χ0v) is 10.6. The van der Waals surface area contributed by atoms with E-state index in [2.05, 4.69) is 5.32 Å². The quantitative estimate of drug-likeness (QED) is 0.889. The molecule has 0 unspecified atom stereocenters. The molecule has 0 aromatic heterocycles. The van der Waals surface area contributed by atoms with Gasteiger partial charge in [-0.1, -0.05) is 6.07 Å². The second kappa shape index (κ2) is 4.57. The van der Waals surface area contributed by atoms with Gasteiger partial charge < -0.3 is 10.1 Å². The molecule has 0 amide bonds. The number of likely N-dealkylation sites (N-methyl/N-ethyl adjacent to an activating group) is 1. The van der Waals surface area contributed by atoms with E-state index in [9.17, 15) is 21.6 Å². The Bertz CT molecular complexity index is 586. The molecule has 106 valence electrons. The number of anilines is 1. The Kier molecular flexibility index (Phi) is 3.35. The molecule has 0 fully saturated rings. The molecule has 1 atom stereocenters. The molecule has 9 heteroatoms. The predicted octanol–water partition coefficient (Wildman–Crippen LogP) is 1.60. The van der Waals surface area contributed by atoms with Gasteiger partial charge in [-0.25, -0.2) is 0 Å². The van der Waals surface area contributed by atoms with Gasteiger partial charge >= 0.3 is 15.5 Å². The highest BCUT2D eigenvalue weighted by Gasteiger charge is 2.46. The van der Waals surface area contributed by atoms with Crippen LogP contribution in [0.3, 0.4) is 0 Å². The Morgan fingerprint density at radius 1 is 1.37 bits per heavy atom. The molecule has 2 N–H and O–H groups in total. The number of sulfonamides is 1. The van der Waals surface area contributed by atoms with Gasteiger partial charge in [0.2, 0.25) is 0 Å². The molecular formula is C10H11F3N2O3S. The second-order valence-electron chi connectivity index (χ2n) is 3.96. The lowest BCUT2D eigenvalue weighted by molar-refractivity contribution is -0.0429. The van der Waals surface area contributed by atoms with Crippen LogP contribution in [0.5, 0.6) is 5.75 Å². The van der Waals surface area contributed by atoms with Crippen LogP contribution in [0.2, 0.25) is 0 Å². The van der Waals surface area contributed by atoms with E-state index in [1.165, 1.54) is 22.9 Å². The molecule has 1 aromatic rings. The average molecular weight is 296 g/mol. The summed E-state index contributed by atoms with van der Waals surface area (Å²) in [6, 6.07) is 3.97. The lowest BCUT2D eigenvalue weighted by Crippen LogP contribution is -2.29. The van der Waals surface area contributed by atoms with Gasteiger partial charge in [-0.15, -0.1) is 0 Å². The van der Waals surface area contributed by atoms with Crippen LogP contribution in [0.4, 0.5) is 18.9 Å². The fraction of sp³-hybridized carbons (Fsp3) is 0.400. The van der Waals surface area contributed by atoms with Crippen LogP contribution in [-0.4, -0.2) is 27.6 Å².